The number of rotatable bonds is 13. The maximum Gasteiger partial charge on any atom is 0.342 e. The number of aliphatic carboxylic acids is 1. The van der Waals surface area contributed by atoms with Gasteiger partial charge in [-0.05, 0) is 48.4 Å². The van der Waals surface area contributed by atoms with Gasteiger partial charge in [-0.25, -0.2) is 4.79 Å². The number of benzene rings is 2. The summed E-state index contributed by atoms with van der Waals surface area (Å²) in [7, 11) is -4.64. The van der Waals surface area contributed by atoms with Gasteiger partial charge in [0.05, 0.1) is 6.04 Å². The third-order valence-corrected chi connectivity index (χ3v) is 8.12. The van der Waals surface area contributed by atoms with Gasteiger partial charge >= 0.3 is 13.6 Å². The summed E-state index contributed by atoms with van der Waals surface area (Å²) in [4.78, 5) is 52.0. The third kappa shape index (κ3) is 7.16. The number of carboxylic acid groups (broad SMARTS) is 1. The number of amides is 1. The first kappa shape index (κ1) is 28.6. The summed E-state index contributed by atoms with van der Waals surface area (Å²) >= 11 is 0. The number of nitrogens with one attached hydrogen (secondary N) is 4. The van der Waals surface area contributed by atoms with E-state index in [4.69, 9.17) is 0 Å². The second-order valence-corrected chi connectivity index (χ2v) is 12.1. The summed E-state index contributed by atoms with van der Waals surface area (Å²) in [6.45, 7) is 3.78. The van der Waals surface area contributed by atoms with Gasteiger partial charge in [0.2, 0.25) is 5.91 Å². The number of carbonyl (C=O) groups excluding carboxylic acids is 1. The second kappa shape index (κ2) is 12.2. The third-order valence-electron chi connectivity index (χ3n) is 6.90. The first-order valence-corrected chi connectivity index (χ1v) is 14.7. The standard InChI is InChI=1S/C28H35N4O6P/c1-17(2)13-24(27(33)32-25(28(34)35)14-19-16-30-23-10-6-4-8-21(19)23)31-26(39(36,37)38)12-11-18-15-29-22-9-5-3-7-20(18)22/h3-10,15-17,24-26,29-31H,11-14H2,1-2H3,(H,32,33)(H,34,35)(H2,36,37,38)/t24-,25-,26?/m0/s1. The van der Waals surface area contributed by atoms with Crippen LogP contribution in [0.5, 0.6) is 0 Å². The van der Waals surface area contributed by atoms with Crippen LogP contribution in [0.3, 0.4) is 0 Å². The minimum atomic E-state index is -4.64. The number of carbonyl (C=O) groups is 2. The van der Waals surface area contributed by atoms with Crippen LogP contribution in [0, 0.1) is 5.92 Å². The lowest BCUT2D eigenvalue weighted by atomic mass is 10.0. The fourth-order valence-corrected chi connectivity index (χ4v) is 5.77. The SMILES string of the molecule is CC(C)C[C@H](NC(CCc1c[nH]c2ccccc12)P(=O)(O)O)C(=O)N[C@@H](Cc1c[nH]c2ccccc12)C(=O)O. The predicted molar refractivity (Wildman–Crippen MR) is 150 cm³/mol. The molecule has 1 unspecified atom stereocenters. The van der Waals surface area contributed by atoms with E-state index in [1.165, 1.54) is 0 Å². The van der Waals surface area contributed by atoms with Gasteiger partial charge in [-0.2, -0.15) is 0 Å². The molecule has 3 atom stereocenters. The van der Waals surface area contributed by atoms with Crippen LogP contribution in [-0.4, -0.2) is 54.6 Å². The number of carboxylic acids is 1. The molecule has 0 fully saturated rings. The molecule has 10 nitrogen and oxygen atoms in total. The molecule has 0 aliphatic rings. The van der Waals surface area contributed by atoms with Gasteiger partial charge in [-0.15, -0.1) is 0 Å². The Bertz CT molecular complexity index is 1490. The Morgan fingerprint density at radius 1 is 0.897 bits per heavy atom. The predicted octanol–water partition coefficient (Wildman–Crippen LogP) is 3.90. The lowest BCUT2D eigenvalue weighted by Crippen LogP contribution is -2.53. The van der Waals surface area contributed by atoms with E-state index in [2.05, 4.69) is 20.6 Å². The van der Waals surface area contributed by atoms with Gasteiger partial charge in [0.25, 0.3) is 0 Å². The second-order valence-electron chi connectivity index (χ2n) is 10.3. The van der Waals surface area contributed by atoms with Crippen LogP contribution in [-0.2, 0) is 27.0 Å². The van der Waals surface area contributed by atoms with Gasteiger partial charge in [0, 0.05) is 40.6 Å². The monoisotopic (exact) mass is 554 g/mol. The van der Waals surface area contributed by atoms with E-state index in [0.29, 0.717) is 6.42 Å². The molecule has 11 heteroatoms. The average molecular weight is 555 g/mol. The van der Waals surface area contributed by atoms with Crippen LogP contribution in [0.4, 0.5) is 0 Å². The van der Waals surface area contributed by atoms with Crippen LogP contribution in [0.2, 0.25) is 0 Å². The smallest absolute Gasteiger partial charge is 0.342 e. The molecule has 0 saturated carbocycles. The van der Waals surface area contributed by atoms with Crippen molar-refractivity contribution in [2.24, 2.45) is 5.92 Å². The zero-order valence-corrected chi connectivity index (χ0v) is 22.8. The number of aromatic amines is 2. The first-order chi connectivity index (χ1) is 18.5. The van der Waals surface area contributed by atoms with Gasteiger partial charge < -0.3 is 30.2 Å². The van der Waals surface area contributed by atoms with Gasteiger partial charge in [-0.1, -0.05) is 50.2 Å². The maximum atomic E-state index is 13.4. The molecule has 1 amide bonds. The molecule has 4 rings (SSSR count). The molecular weight excluding hydrogens is 519 g/mol. The number of aromatic nitrogens is 2. The zero-order chi connectivity index (χ0) is 28.2. The fraction of sp³-hybridized carbons (Fsp3) is 0.357. The Morgan fingerprint density at radius 3 is 2.03 bits per heavy atom. The average Bonchev–Trinajstić information content (AvgIpc) is 3.48. The molecule has 2 heterocycles. The molecule has 0 aliphatic heterocycles. The Hall–Kier alpha value is -3.43. The summed E-state index contributed by atoms with van der Waals surface area (Å²) < 4.78 is 12.5. The van der Waals surface area contributed by atoms with E-state index in [-0.39, 0.29) is 25.2 Å². The Balaban J connectivity index is 1.49. The maximum absolute atomic E-state index is 13.4. The molecular formula is C28H35N4O6P. The lowest BCUT2D eigenvalue weighted by molar-refractivity contribution is -0.142. The van der Waals surface area contributed by atoms with Crippen LogP contribution < -0.4 is 10.6 Å². The van der Waals surface area contributed by atoms with Crippen molar-refractivity contribution in [2.45, 2.75) is 57.4 Å². The van der Waals surface area contributed by atoms with Crippen molar-refractivity contribution in [3.63, 3.8) is 0 Å². The lowest BCUT2D eigenvalue weighted by Gasteiger charge is -2.28. The molecule has 208 valence electrons. The number of aryl methyl sites for hydroxylation is 1. The molecule has 0 saturated heterocycles. The summed E-state index contributed by atoms with van der Waals surface area (Å²) in [5, 5.41) is 17.2. The number of hydrogen-bond donors (Lipinski definition) is 7. The molecule has 0 spiro atoms. The summed E-state index contributed by atoms with van der Waals surface area (Å²) in [6, 6.07) is 13.0. The number of hydrogen-bond acceptors (Lipinski definition) is 4. The van der Waals surface area contributed by atoms with Crippen molar-refractivity contribution >= 4 is 41.3 Å². The first-order valence-electron chi connectivity index (χ1n) is 13.0. The quantitative estimate of drug-likeness (QED) is 0.123. The van der Waals surface area contributed by atoms with Crippen LogP contribution in [0.15, 0.2) is 60.9 Å². The minimum Gasteiger partial charge on any atom is -0.480 e. The summed E-state index contributed by atoms with van der Waals surface area (Å²) in [5.74, 6) is -3.07. The van der Waals surface area contributed by atoms with E-state index in [0.717, 1.165) is 32.9 Å². The van der Waals surface area contributed by atoms with Crippen LogP contribution in [0.25, 0.3) is 21.8 Å². The molecule has 39 heavy (non-hydrogen) atoms. The van der Waals surface area contributed by atoms with Crippen molar-refractivity contribution in [3.8, 4) is 0 Å². The highest BCUT2D eigenvalue weighted by molar-refractivity contribution is 7.52. The minimum absolute atomic E-state index is 0.0104. The van der Waals surface area contributed by atoms with Crippen LogP contribution >= 0.6 is 7.60 Å². The fourth-order valence-electron chi connectivity index (χ4n) is 4.93. The van der Waals surface area contributed by atoms with E-state index in [1.807, 2.05) is 68.6 Å². The summed E-state index contributed by atoms with van der Waals surface area (Å²) in [6.07, 6.45) is 4.34. The van der Waals surface area contributed by atoms with Gasteiger partial charge in [0.15, 0.2) is 0 Å². The van der Waals surface area contributed by atoms with Crippen molar-refractivity contribution < 1.29 is 29.0 Å². The number of H-pyrrole nitrogens is 2. The number of para-hydroxylation sites is 2. The number of fused-ring (bicyclic) bond motifs is 2. The normalized spacial score (nSPS) is 14.5. The summed E-state index contributed by atoms with van der Waals surface area (Å²) in [5.41, 5.74) is 3.46. The van der Waals surface area contributed by atoms with E-state index in [9.17, 15) is 29.0 Å². The Kier molecular flexibility index (Phi) is 8.92. The molecule has 0 aliphatic carbocycles. The van der Waals surface area contributed by atoms with Crippen molar-refractivity contribution in [3.05, 3.63) is 72.1 Å². The van der Waals surface area contributed by atoms with Crippen molar-refractivity contribution in [1.82, 2.24) is 20.6 Å². The molecule has 0 radical (unpaired) electrons. The van der Waals surface area contributed by atoms with E-state index < -0.39 is 37.3 Å². The Morgan fingerprint density at radius 2 is 1.46 bits per heavy atom. The largest absolute Gasteiger partial charge is 0.480 e. The highest BCUT2D eigenvalue weighted by Crippen LogP contribution is 2.42. The molecule has 2 aromatic carbocycles. The highest BCUT2D eigenvalue weighted by atomic mass is 31.2. The van der Waals surface area contributed by atoms with Crippen molar-refractivity contribution in [1.29, 1.82) is 0 Å². The highest BCUT2D eigenvalue weighted by Gasteiger charge is 2.34. The molecule has 0 bridgehead atoms. The van der Waals surface area contributed by atoms with E-state index >= 15 is 0 Å². The topological polar surface area (TPSA) is 168 Å². The van der Waals surface area contributed by atoms with Gasteiger partial charge in [-0.3, -0.25) is 14.7 Å². The molecule has 7 N–H and O–H groups in total. The molecule has 2 aromatic heterocycles. The Labute approximate surface area is 226 Å². The van der Waals surface area contributed by atoms with Crippen LogP contribution in [0.1, 0.15) is 37.8 Å². The van der Waals surface area contributed by atoms with E-state index in [1.54, 1.807) is 6.20 Å². The van der Waals surface area contributed by atoms with Gasteiger partial charge in [0.1, 0.15) is 11.8 Å². The zero-order valence-electron chi connectivity index (χ0n) is 21.9. The molecule has 4 aromatic rings. The van der Waals surface area contributed by atoms with Crippen molar-refractivity contribution in [2.75, 3.05) is 0 Å².